The molecule has 0 spiro atoms. The topological polar surface area (TPSA) is 0 Å². The number of hydrogen-bond acceptors (Lipinski definition) is 2. The SMILES string of the molecule is CCc1ccc(SCC(CC)CC)s1. The molecule has 0 aromatic carbocycles. The maximum atomic E-state index is 2.29. The van der Waals surface area contributed by atoms with Gasteiger partial charge in [-0.3, -0.25) is 0 Å². The van der Waals surface area contributed by atoms with Crippen LogP contribution in [0.1, 0.15) is 38.5 Å². The first-order valence-electron chi connectivity index (χ1n) is 5.51. The van der Waals surface area contributed by atoms with Gasteiger partial charge >= 0.3 is 0 Å². The Balaban J connectivity index is 2.37. The standard InChI is InChI=1S/C12H20S2/c1-4-10(5-2)9-13-12-8-7-11(6-3)14-12/h7-8,10H,4-6,9H2,1-3H3. The quantitative estimate of drug-likeness (QED) is 0.628. The molecule has 14 heavy (non-hydrogen) atoms. The summed E-state index contributed by atoms with van der Waals surface area (Å²) in [5, 5.41) is 0. The lowest BCUT2D eigenvalue weighted by Crippen LogP contribution is -1.99. The van der Waals surface area contributed by atoms with Crippen molar-refractivity contribution >= 4 is 23.1 Å². The molecule has 0 bridgehead atoms. The van der Waals surface area contributed by atoms with Crippen molar-refractivity contribution in [3.63, 3.8) is 0 Å². The van der Waals surface area contributed by atoms with E-state index in [-0.39, 0.29) is 0 Å². The molecule has 0 aliphatic heterocycles. The van der Waals surface area contributed by atoms with E-state index in [1.54, 1.807) is 0 Å². The third kappa shape index (κ3) is 3.66. The Kier molecular flexibility index (Phi) is 5.64. The minimum absolute atomic E-state index is 0.896. The Labute approximate surface area is 96.1 Å². The van der Waals surface area contributed by atoms with Gasteiger partial charge in [0, 0.05) is 10.6 Å². The molecule has 1 aromatic heterocycles. The summed E-state index contributed by atoms with van der Waals surface area (Å²) in [5.74, 6) is 2.18. The van der Waals surface area contributed by atoms with Gasteiger partial charge in [-0.15, -0.1) is 23.1 Å². The molecular formula is C12H20S2. The number of rotatable bonds is 6. The third-order valence-electron chi connectivity index (χ3n) is 2.60. The second-order valence-corrected chi connectivity index (χ2v) is 6.06. The first-order chi connectivity index (χ1) is 6.80. The van der Waals surface area contributed by atoms with Gasteiger partial charge in [-0.1, -0.05) is 33.6 Å². The summed E-state index contributed by atoms with van der Waals surface area (Å²) in [5.41, 5.74) is 0. The molecule has 80 valence electrons. The normalized spacial score (nSPS) is 11.1. The smallest absolute Gasteiger partial charge is 0.0601 e. The monoisotopic (exact) mass is 228 g/mol. The first-order valence-corrected chi connectivity index (χ1v) is 7.31. The Morgan fingerprint density at radius 2 is 1.93 bits per heavy atom. The molecule has 0 saturated heterocycles. The van der Waals surface area contributed by atoms with Crippen LogP contribution >= 0.6 is 23.1 Å². The molecule has 0 unspecified atom stereocenters. The van der Waals surface area contributed by atoms with Gasteiger partial charge in [0.2, 0.25) is 0 Å². The summed E-state index contributed by atoms with van der Waals surface area (Å²) in [7, 11) is 0. The molecule has 2 heteroatoms. The van der Waals surface area contributed by atoms with Crippen molar-refractivity contribution in [2.45, 2.75) is 44.2 Å². The van der Waals surface area contributed by atoms with Crippen LogP contribution in [0, 0.1) is 5.92 Å². The zero-order chi connectivity index (χ0) is 10.4. The van der Waals surface area contributed by atoms with Crippen molar-refractivity contribution < 1.29 is 0 Å². The highest BCUT2D eigenvalue weighted by Gasteiger charge is 2.05. The number of thioether (sulfide) groups is 1. The van der Waals surface area contributed by atoms with E-state index >= 15 is 0 Å². The van der Waals surface area contributed by atoms with E-state index in [1.165, 1.54) is 34.1 Å². The molecule has 0 aliphatic carbocycles. The molecule has 0 fully saturated rings. The molecule has 0 saturated carbocycles. The van der Waals surface area contributed by atoms with E-state index in [9.17, 15) is 0 Å². The maximum absolute atomic E-state index is 2.29. The zero-order valence-electron chi connectivity index (χ0n) is 9.38. The fourth-order valence-corrected chi connectivity index (χ4v) is 3.82. The first kappa shape index (κ1) is 12.1. The van der Waals surface area contributed by atoms with Crippen molar-refractivity contribution in [1.29, 1.82) is 0 Å². The lowest BCUT2D eigenvalue weighted by Gasteiger charge is -2.09. The van der Waals surface area contributed by atoms with E-state index in [2.05, 4.69) is 32.9 Å². The number of aryl methyl sites for hydroxylation is 1. The fraction of sp³-hybridized carbons (Fsp3) is 0.667. The van der Waals surface area contributed by atoms with Crippen molar-refractivity contribution in [2.75, 3.05) is 5.75 Å². The molecule has 1 rings (SSSR count). The summed E-state index contributed by atoms with van der Waals surface area (Å²) in [6.45, 7) is 6.81. The zero-order valence-corrected chi connectivity index (χ0v) is 11.0. The highest BCUT2D eigenvalue weighted by atomic mass is 32.2. The summed E-state index contributed by atoms with van der Waals surface area (Å²) < 4.78 is 1.49. The van der Waals surface area contributed by atoms with Crippen LogP contribution in [-0.4, -0.2) is 5.75 Å². The summed E-state index contributed by atoms with van der Waals surface area (Å²) >= 11 is 3.99. The van der Waals surface area contributed by atoms with Crippen LogP contribution in [0.25, 0.3) is 0 Å². The third-order valence-corrected chi connectivity index (χ3v) is 5.29. The average molecular weight is 228 g/mol. The molecule has 0 aliphatic rings. The molecule has 0 radical (unpaired) electrons. The van der Waals surface area contributed by atoms with Crippen molar-refractivity contribution in [1.82, 2.24) is 0 Å². The van der Waals surface area contributed by atoms with E-state index < -0.39 is 0 Å². The Morgan fingerprint density at radius 1 is 1.21 bits per heavy atom. The summed E-state index contributed by atoms with van der Waals surface area (Å²) in [4.78, 5) is 1.51. The van der Waals surface area contributed by atoms with Crippen LogP contribution in [0.5, 0.6) is 0 Å². The number of thiophene rings is 1. The van der Waals surface area contributed by atoms with Gasteiger partial charge in [-0.25, -0.2) is 0 Å². The Bertz CT molecular complexity index is 249. The molecule has 0 nitrogen and oxygen atoms in total. The van der Waals surface area contributed by atoms with E-state index in [0.717, 1.165) is 5.92 Å². The minimum atomic E-state index is 0.896. The van der Waals surface area contributed by atoms with Gasteiger partial charge in [-0.05, 0) is 24.5 Å². The van der Waals surface area contributed by atoms with Crippen LogP contribution in [0.2, 0.25) is 0 Å². The highest BCUT2D eigenvalue weighted by molar-refractivity contribution is 8.01. The van der Waals surface area contributed by atoms with Gasteiger partial charge in [0.05, 0.1) is 4.21 Å². The molecule has 0 atom stereocenters. The molecule has 1 heterocycles. The predicted octanol–water partition coefficient (Wildman–Crippen LogP) is 4.84. The summed E-state index contributed by atoms with van der Waals surface area (Å²) in [6.07, 6.45) is 3.81. The lowest BCUT2D eigenvalue weighted by molar-refractivity contribution is 0.554. The van der Waals surface area contributed by atoms with E-state index in [1.807, 2.05) is 23.1 Å². The van der Waals surface area contributed by atoms with Gasteiger partial charge in [0.25, 0.3) is 0 Å². The Morgan fingerprint density at radius 3 is 2.43 bits per heavy atom. The van der Waals surface area contributed by atoms with Crippen molar-refractivity contribution in [3.05, 3.63) is 17.0 Å². The van der Waals surface area contributed by atoms with Crippen LogP contribution in [-0.2, 0) is 6.42 Å². The van der Waals surface area contributed by atoms with E-state index in [0.29, 0.717) is 0 Å². The average Bonchev–Trinajstić information content (AvgIpc) is 2.67. The van der Waals surface area contributed by atoms with E-state index in [4.69, 9.17) is 0 Å². The fourth-order valence-electron chi connectivity index (χ4n) is 1.35. The minimum Gasteiger partial charge on any atom is -0.134 e. The maximum Gasteiger partial charge on any atom is 0.0601 e. The second-order valence-electron chi connectivity index (χ2n) is 3.57. The van der Waals surface area contributed by atoms with Gasteiger partial charge < -0.3 is 0 Å². The lowest BCUT2D eigenvalue weighted by atomic mass is 10.1. The number of hydrogen-bond donors (Lipinski definition) is 0. The van der Waals surface area contributed by atoms with Crippen LogP contribution < -0.4 is 0 Å². The molecular weight excluding hydrogens is 208 g/mol. The largest absolute Gasteiger partial charge is 0.134 e. The van der Waals surface area contributed by atoms with Gasteiger partial charge in [0.15, 0.2) is 0 Å². The molecule has 0 amide bonds. The second kappa shape index (κ2) is 6.52. The molecule has 1 aromatic rings. The van der Waals surface area contributed by atoms with Crippen LogP contribution in [0.15, 0.2) is 16.3 Å². The van der Waals surface area contributed by atoms with Crippen molar-refractivity contribution in [2.24, 2.45) is 5.92 Å². The highest BCUT2D eigenvalue weighted by Crippen LogP contribution is 2.30. The predicted molar refractivity (Wildman–Crippen MR) is 68.5 cm³/mol. The van der Waals surface area contributed by atoms with Crippen LogP contribution in [0.3, 0.4) is 0 Å². The van der Waals surface area contributed by atoms with Gasteiger partial charge in [-0.2, -0.15) is 0 Å². The molecule has 0 N–H and O–H groups in total. The van der Waals surface area contributed by atoms with Crippen LogP contribution in [0.4, 0.5) is 0 Å². The van der Waals surface area contributed by atoms with Gasteiger partial charge in [0.1, 0.15) is 0 Å². The summed E-state index contributed by atoms with van der Waals surface area (Å²) in [6, 6.07) is 4.54. The van der Waals surface area contributed by atoms with Crippen molar-refractivity contribution in [3.8, 4) is 0 Å². The Hall–Kier alpha value is 0.0500.